The minimum absolute atomic E-state index is 0.111. The highest BCUT2D eigenvalue weighted by atomic mass is 16.6. The minimum Gasteiger partial charge on any atom is -0.486 e. The van der Waals surface area contributed by atoms with Gasteiger partial charge in [-0.25, -0.2) is 0 Å². The summed E-state index contributed by atoms with van der Waals surface area (Å²) in [6.07, 6.45) is 9.11. The lowest BCUT2D eigenvalue weighted by Crippen LogP contribution is -2.48. The summed E-state index contributed by atoms with van der Waals surface area (Å²) < 4.78 is 17.6. The van der Waals surface area contributed by atoms with E-state index >= 15 is 0 Å². The van der Waals surface area contributed by atoms with Crippen LogP contribution < -0.4 is 9.47 Å². The maximum Gasteiger partial charge on any atom is 0.251 e. The van der Waals surface area contributed by atoms with Crippen molar-refractivity contribution in [3.05, 3.63) is 36.4 Å². The van der Waals surface area contributed by atoms with Crippen LogP contribution in [0.3, 0.4) is 0 Å². The Kier molecular flexibility index (Phi) is 5.44. The second-order valence-corrected chi connectivity index (χ2v) is 7.39. The largest absolute Gasteiger partial charge is 0.486 e. The molecule has 5 nitrogen and oxygen atoms in total. The van der Waals surface area contributed by atoms with Gasteiger partial charge in [0.1, 0.15) is 12.7 Å². The molecule has 3 aliphatic rings. The van der Waals surface area contributed by atoms with Crippen molar-refractivity contribution in [1.29, 1.82) is 0 Å². The van der Waals surface area contributed by atoms with Crippen LogP contribution in [0, 0.1) is 5.92 Å². The number of fused-ring (bicyclic) bond motifs is 1. The van der Waals surface area contributed by atoms with Gasteiger partial charge < -0.3 is 19.1 Å². The van der Waals surface area contributed by atoms with Crippen molar-refractivity contribution < 1.29 is 19.0 Å². The van der Waals surface area contributed by atoms with Gasteiger partial charge in [0, 0.05) is 13.2 Å². The summed E-state index contributed by atoms with van der Waals surface area (Å²) in [4.78, 5) is 15.0. The molecule has 0 saturated carbocycles. The van der Waals surface area contributed by atoms with Gasteiger partial charge in [-0.05, 0) is 50.2 Å². The fourth-order valence-electron chi connectivity index (χ4n) is 3.96. The van der Waals surface area contributed by atoms with Crippen LogP contribution in [0.5, 0.6) is 11.5 Å². The van der Waals surface area contributed by atoms with E-state index in [2.05, 4.69) is 12.2 Å². The number of allylic oxidation sites excluding steroid dienone is 2. The SMILES string of the molecule is O=C([C@@H]1CCCO1)N(C[C@@H]1CC=CCC1)C[C@@H]1COc2ccccc2O1. The summed E-state index contributed by atoms with van der Waals surface area (Å²) in [6.45, 7) is 2.47. The molecular weight excluding hydrogens is 330 g/mol. The van der Waals surface area contributed by atoms with E-state index in [1.807, 2.05) is 29.2 Å². The Labute approximate surface area is 154 Å². The third-order valence-electron chi connectivity index (χ3n) is 5.36. The van der Waals surface area contributed by atoms with Gasteiger partial charge in [-0.3, -0.25) is 4.79 Å². The van der Waals surface area contributed by atoms with Crippen molar-refractivity contribution in [3.63, 3.8) is 0 Å². The van der Waals surface area contributed by atoms with E-state index < -0.39 is 0 Å². The number of benzene rings is 1. The number of amides is 1. The molecule has 0 N–H and O–H groups in total. The Morgan fingerprint density at radius 2 is 2.00 bits per heavy atom. The fourth-order valence-corrected chi connectivity index (χ4v) is 3.96. The standard InChI is InChI=1S/C21H27NO4/c23-21(20-11-6-12-24-20)22(13-16-7-2-1-3-8-16)14-17-15-25-18-9-4-5-10-19(18)26-17/h1-2,4-5,9-10,16-17,20H,3,6-8,11-15H2/t16-,17-,20+/m1/s1. The van der Waals surface area contributed by atoms with E-state index in [-0.39, 0.29) is 18.1 Å². The first-order valence-electron chi connectivity index (χ1n) is 9.73. The third-order valence-corrected chi connectivity index (χ3v) is 5.36. The van der Waals surface area contributed by atoms with Crippen molar-refractivity contribution in [2.24, 2.45) is 5.92 Å². The summed E-state index contributed by atoms with van der Waals surface area (Å²) >= 11 is 0. The summed E-state index contributed by atoms with van der Waals surface area (Å²) in [5.74, 6) is 2.16. The molecule has 1 aliphatic carbocycles. The van der Waals surface area contributed by atoms with Crippen LogP contribution in [-0.2, 0) is 9.53 Å². The lowest BCUT2D eigenvalue weighted by molar-refractivity contribution is -0.143. The topological polar surface area (TPSA) is 48.0 Å². The average Bonchev–Trinajstić information content (AvgIpc) is 3.22. The smallest absolute Gasteiger partial charge is 0.251 e. The summed E-state index contributed by atoms with van der Waals surface area (Å²) in [7, 11) is 0. The third kappa shape index (κ3) is 4.04. The molecule has 2 aliphatic heterocycles. The van der Waals surface area contributed by atoms with Gasteiger partial charge >= 0.3 is 0 Å². The van der Waals surface area contributed by atoms with Crippen molar-refractivity contribution in [2.75, 3.05) is 26.3 Å². The minimum atomic E-state index is -0.286. The zero-order valence-electron chi connectivity index (χ0n) is 15.1. The zero-order valence-corrected chi connectivity index (χ0v) is 15.1. The Balaban J connectivity index is 1.43. The van der Waals surface area contributed by atoms with Crippen molar-refractivity contribution in [3.8, 4) is 11.5 Å². The van der Waals surface area contributed by atoms with E-state index in [9.17, 15) is 4.79 Å². The van der Waals surface area contributed by atoms with Gasteiger partial charge in [-0.1, -0.05) is 24.3 Å². The highest BCUT2D eigenvalue weighted by molar-refractivity contribution is 5.81. The molecule has 1 amide bonds. The molecule has 0 aromatic heterocycles. The average molecular weight is 357 g/mol. The Morgan fingerprint density at radius 3 is 2.77 bits per heavy atom. The van der Waals surface area contributed by atoms with Crippen LogP contribution in [0.4, 0.5) is 0 Å². The van der Waals surface area contributed by atoms with Crippen LogP contribution in [0.25, 0.3) is 0 Å². The number of hydrogen-bond acceptors (Lipinski definition) is 4. The van der Waals surface area contributed by atoms with Crippen molar-refractivity contribution >= 4 is 5.91 Å². The number of para-hydroxylation sites is 2. The predicted octanol–water partition coefficient (Wildman–Crippen LogP) is 3.19. The number of ether oxygens (including phenoxy) is 3. The Hall–Kier alpha value is -2.01. The van der Waals surface area contributed by atoms with Gasteiger partial charge in [0.2, 0.25) is 0 Å². The van der Waals surface area contributed by atoms with Crippen molar-refractivity contribution in [2.45, 2.75) is 44.3 Å². The monoisotopic (exact) mass is 357 g/mol. The molecule has 1 fully saturated rings. The van der Waals surface area contributed by atoms with Crippen LogP contribution in [0.2, 0.25) is 0 Å². The molecule has 5 heteroatoms. The van der Waals surface area contributed by atoms with Crippen LogP contribution in [-0.4, -0.2) is 49.3 Å². The van der Waals surface area contributed by atoms with Crippen LogP contribution >= 0.6 is 0 Å². The van der Waals surface area contributed by atoms with Gasteiger partial charge in [-0.15, -0.1) is 0 Å². The molecule has 3 atom stereocenters. The molecule has 26 heavy (non-hydrogen) atoms. The van der Waals surface area contributed by atoms with E-state index in [1.54, 1.807) is 0 Å². The summed E-state index contributed by atoms with van der Waals surface area (Å²) in [6, 6.07) is 7.70. The molecule has 1 saturated heterocycles. The zero-order chi connectivity index (χ0) is 17.8. The first-order valence-corrected chi connectivity index (χ1v) is 9.73. The van der Waals surface area contributed by atoms with E-state index in [0.717, 1.165) is 50.1 Å². The molecule has 0 radical (unpaired) electrons. The molecular formula is C21H27NO4. The van der Waals surface area contributed by atoms with Gasteiger partial charge in [0.15, 0.2) is 17.6 Å². The van der Waals surface area contributed by atoms with Gasteiger partial charge in [0.05, 0.1) is 6.54 Å². The maximum absolute atomic E-state index is 13.0. The first kappa shape index (κ1) is 17.4. The second kappa shape index (κ2) is 8.12. The molecule has 0 spiro atoms. The molecule has 0 bridgehead atoms. The first-order chi connectivity index (χ1) is 12.8. The number of hydrogen-bond donors (Lipinski definition) is 0. The summed E-state index contributed by atoms with van der Waals surface area (Å²) in [5.41, 5.74) is 0. The van der Waals surface area contributed by atoms with Crippen LogP contribution in [0.1, 0.15) is 32.1 Å². The Morgan fingerprint density at radius 1 is 1.12 bits per heavy atom. The van der Waals surface area contributed by atoms with E-state index in [1.165, 1.54) is 0 Å². The van der Waals surface area contributed by atoms with E-state index in [0.29, 0.717) is 25.7 Å². The molecule has 4 rings (SSSR count). The molecule has 140 valence electrons. The molecule has 0 unspecified atom stereocenters. The lowest BCUT2D eigenvalue weighted by atomic mass is 9.93. The van der Waals surface area contributed by atoms with E-state index in [4.69, 9.17) is 14.2 Å². The van der Waals surface area contributed by atoms with Gasteiger partial charge in [0.25, 0.3) is 5.91 Å². The predicted molar refractivity (Wildman–Crippen MR) is 98.4 cm³/mol. The number of rotatable bonds is 5. The molecule has 2 heterocycles. The lowest BCUT2D eigenvalue weighted by Gasteiger charge is -2.34. The number of nitrogens with zero attached hydrogens (tertiary/aromatic N) is 1. The summed E-state index contributed by atoms with van der Waals surface area (Å²) in [5, 5.41) is 0. The normalized spacial score (nSPS) is 27.3. The van der Waals surface area contributed by atoms with Crippen LogP contribution in [0.15, 0.2) is 36.4 Å². The molecule has 1 aromatic rings. The quantitative estimate of drug-likeness (QED) is 0.760. The number of carbonyl (C=O) groups is 1. The Bertz CT molecular complexity index is 653. The highest BCUT2D eigenvalue weighted by Crippen LogP contribution is 2.31. The molecule has 1 aromatic carbocycles. The fraction of sp³-hybridized carbons (Fsp3) is 0.571. The number of carbonyl (C=O) groups excluding carboxylic acids is 1. The van der Waals surface area contributed by atoms with Gasteiger partial charge in [-0.2, -0.15) is 0 Å². The second-order valence-electron chi connectivity index (χ2n) is 7.39. The highest BCUT2D eigenvalue weighted by Gasteiger charge is 2.32. The van der Waals surface area contributed by atoms with Crippen molar-refractivity contribution in [1.82, 2.24) is 4.90 Å². The maximum atomic E-state index is 13.0.